The van der Waals surface area contributed by atoms with Gasteiger partial charge in [-0.3, -0.25) is 9.78 Å². The van der Waals surface area contributed by atoms with E-state index in [0.717, 1.165) is 5.56 Å². The van der Waals surface area contributed by atoms with Crippen molar-refractivity contribution in [2.45, 2.75) is 26.8 Å². The molecule has 5 heteroatoms. The number of hydrogen-bond donors (Lipinski definition) is 2. The highest BCUT2D eigenvalue weighted by Gasteiger charge is 2.23. The van der Waals surface area contributed by atoms with Gasteiger partial charge in [0.2, 0.25) is 0 Å². The van der Waals surface area contributed by atoms with E-state index in [-0.39, 0.29) is 5.92 Å². The Bertz CT molecular complexity index is 430. The molecule has 0 radical (unpaired) electrons. The molecule has 0 aliphatic rings. The molecule has 1 aromatic rings. The first kappa shape index (κ1) is 13.2. The highest BCUT2D eigenvalue weighted by Crippen LogP contribution is 2.05. The molecular formula is C12H16N2O3. The van der Waals surface area contributed by atoms with Gasteiger partial charge < -0.3 is 10.4 Å². The zero-order valence-corrected chi connectivity index (χ0v) is 10.1. The third kappa shape index (κ3) is 3.55. The number of amides is 1. The lowest BCUT2D eigenvalue weighted by atomic mass is 10.0. The monoisotopic (exact) mass is 236 g/mol. The fraction of sp³-hybridized carbons (Fsp3) is 0.417. The Labute approximate surface area is 99.9 Å². The van der Waals surface area contributed by atoms with E-state index in [1.54, 1.807) is 26.1 Å². The molecule has 1 atom stereocenters. The minimum absolute atomic E-state index is 0.172. The normalized spacial score (nSPS) is 12.2. The van der Waals surface area contributed by atoms with Crippen LogP contribution < -0.4 is 5.32 Å². The molecule has 0 fully saturated rings. The molecule has 1 heterocycles. The van der Waals surface area contributed by atoms with Crippen LogP contribution in [-0.4, -0.2) is 28.0 Å². The molecular weight excluding hydrogens is 220 g/mol. The number of hydrogen-bond acceptors (Lipinski definition) is 3. The lowest BCUT2D eigenvalue weighted by Crippen LogP contribution is -2.44. The first-order chi connectivity index (χ1) is 7.91. The molecule has 92 valence electrons. The number of nitrogens with zero attached hydrogens (tertiary/aromatic N) is 1. The molecule has 0 spiro atoms. The van der Waals surface area contributed by atoms with Gasteiger partial charge in [0, 0.05) is 12.4 Å². The van der Waals surface area contributed by atoms with Gasteiger partial charge in [0.15, 0.2) is 0 Å². The Kier molecular flexibility index (Phi) is 4.20. The number of carboxylic acid groups (broad SMARTS) is 1. The number of aryl methyl sites for hydroxylation is 1. The summed E-state index contributed by atoms with van der Waals surface area (Å²) in [6.45, 7) is 5.31. The van der Waals surface area contributed by atoms with Crippen LogP contribution in [-0.2, 0) is 4.79 Å². The molecule has 1 rings (SSSR count). The summed E-state index contributed by atoms with van der Waals surface area (Å²) in [7, 11) is 0. The summed E-state index contributed by atoms with van der Waals surface area (Å²) in [5.74, 6) is -1.62. The summed E-state index contributed by atoms with van der Waals surface area (Å²) in [5.41, 5.74) is 1.23. The van der Waals surface area contributed by atoms with E-state index in [4.69, 9.17) is 5.11 Å². The largest absolute Gasteiger partial charge is 0.480 e. The van der Waals surface area contributed by atoms with E-state index in [9.17, 15) is 9.59 Å². The zero-order chi connectivity index (χ0) is 13.0. The molecule has 0 bridgehead atoms. The van der Waals surface area contributed by atoms with E-state index in [1.807, 2.05) is 6.92 Å². The van der Waals surface area contributed by atoms with Crippen molar-refractivity contribution in [2.24, 2.45) is 5.92 Å². The second-order valence-corrected chi connectivity index (χ2v) is 4.28. The maximum atomic E-state index is 11.8. The Morgan fingerprint density at radius 2 is 2.00 bits per heavy atom. The van der Waals surface area contributed by atoms with Crippen LogP contribution >= 0.6 is 0 Å². The van der Waals surface area contributed by atoms with Gasteiger partial charge in [-0.2, -0.15) is 0 Å². The number of aliphatic carboxylic acids is 1. The molecule has 0 aliphatic heterocycles. The third-order valence-electron chi connectivity index (χ3n) is 2.36. The average Bonchev–Trinajstić information content (AvgIpc) is 2.24. The predicted octanol–water partition coefficient (Wildman–Crippen LogP) is 1.23. The van der Waals surface area contributed by atoms with Crippen molar-refractivity contribution in [1.29, 1.82) is 0 Å². The number of nitrogens with one attached hydrogen (secondary N) is 1. The zero-order valence-electron chi connectivity index (χ0n) is 10.1. The SMILES string of the molecule is Cc1cncc(C(=O)NC(C(=O)O)C(C)C)c1. The van der Waals surface area contributed by atoms with Crippen LogP contribution in [0.2, 0.25) is 0 Å². The summed E-state index contributed by atoms with van der Waals surface area (Å²) in [6, 6.07) is 0.782. The molecule has 0 aliphatic carbocycles. The number of carbonyl (C=O) groups excluding carboxylic acids is 1. The van der Waals surface area contributed by atoms with Gasteiger partial charge in [0.05, 0.1) is 5.56 Å². The van der Waals surface area contributed by atoms with Gasteiger partial charge in [-0.05, 0) is 24.5 Å². The van der Waals surface area contributed by atoms with Crippen LogP contribution in [0.3, 0.4) is 0 Å². The lowest BCUT2D eigenvalue weighted by molar-refractivity contribution is -0.140. The molecule has 1 unspecified atom stereocenters. The van der Waals surface area contributed by atoms with Crippen LogP contribution in [0.25, 0.3) is 0 Å². The summed E-state index contributed by atoms with van der Waals surface area (Å²) in [6.07, 6.45) is 3.05. The van der Waals surface area contributed by atoms with E-state index < -0.39 is 17.9 Å². The van der Waals surface area contributed by atoms with E-state index in [0.29, 0.717) is 5.56 Å². The molecule has 5 nitrogen and oxygen atoms in total. The van der Waals surface area contributed by atoms with Crippen LogP contribution in [0, 0.1) is 12.8 Å². The maximum absolute atomic E-state index is 11.8. The highest BCUT2D eigenvalue weighted by atomic mass is 16.4. The van der Waals surface area contributed by atoms with E-state index >= 15 is 0 Å². The van der Waals surface area contributed by atoms with Crippen molar-refractivity contribution in [3.8, 4) is 0 Å². The quantitative estimate of drug-likeness (QED) is 0.824. The Morgan fingerprint density at radius 1 is 1.35 bits per heavy atom. The standard InChI is InChI=1S/C12H16N2O3/c1-7(2)10(12(16)17)14-11(15)9-4-8(3)5-13-6-9/h4-7,10H,1-3H3,(H,14,15)(H,16,17). The molecule has 17 heavy (non-hydrogen) atoms. The van der Waals surface area contributed by atoms with Crippen LogP contribution in [0.4, 0.5) is 0 Å². The van der Waals surface area contributed by atoms with Crippen LogP contribution in [0.1, 0.15) is 29.8 Å². The summed E-state index contributed by atoms with van der Waals surface area (Å²) < 4.78 is 0. The van der Waals surface area contributed by atoms with Crippen LogP contribution in [0.15, 0.2) is 18.5 Å². The minimum Gasteiger partial charge on any atom is -0.480 e. The lowest BCUT2D eigenvalue weighted by Gasteiger charge is -2.17. The predicted molar refractivity (Wildman–Crippen MR) is 62.7 cm³/mol. The Balaban J connectivity index is 2.81. The van der Waals surface area contributed by atoms with Crippen molar-refractivity contribution in [3.05, 3.63) is 29.6 Å². The molecule has 2 N–H and O–H groups in total. The Morgan fingerprint density at radius 3 is 2.47 bits per heavy atom. The van der Waals surface area contributed by atoms with Crippen LogP contribution in [0.5, 0.6) is 0 Å². The van der Waals surface area contributed by atoms with Crippen molar-refractivity contribution >= 4 is 11.9 Å². The summed E-state index contributed by atoms with van der Waals surface area (Å²) >= 11 is 0. The molecule has 0 aromatic carbocycles. The first-order valence-corrected chi connectivity index (χ1v) is 5.37. The van der Waals surface area contributed by atoms with Gasteiger partial charge >= 0.3 is 5.97 Å². The summed E-state index contributed by atoms with van der Waals surface area (Å²) in [4.78, 5) is 26.6. The molecule has 1 aromatic heterocycles. The number of rotatable bonds is 4. The minimum atomic E-state index is -1.03. The van der Waals surface area contributed by atoms with Gasteiger partial charge in [0.25, 0.3) is 5.91 Å². The second kappa shape index (κ2) is 5.43. The first-order valence-electron chi connectivity index (χ1n) is 5.37. The van der Waals surface area contributed by atoms with Crippen molar-refractivity contribution in [2.75, 3.05) is 0 Å². The maximum Gasteiger partial charge on any atom is 0.326 e. The summed E-state index contributed by atoms with van der Waals surface area (Å²) in [5, 5.41) is 11.4. The molecule has 0 saturated heterocycles. The number of carbonyl (C=O) groups is 2. The average molecular weight is 236 g/mol. The third-order valence-corrected chi connectivity index (χ3v) is 2.36. The van der Waals surface area contributed by atoms with Crippen molar-refractivity contribution < 1.29 is 14.7 Å². The fourth-order valence-electron chi connectivity index (χ4n) is 1.42. The van der Waals surface area contributed by atoms with Gasteiger partial charge in [0.1, 0.15) is 6.04 Å². The van der Waals surface area contributed by atoms with Gasteiger partial charge in [-0.15, -0.1) is 0 Å². The fourth-order valence-corrected chi connectivity index (χ4v) is 1.42. The van der Waals surface area contributed by atoms with Gasteiger partial charge in [-0.1, -0.05) is 13.8 Å². The molecule has 0 saturated carbocycles. The van der Waals surface area contributed by atoms with Crippen molar-refractivity contribution in [1.82, 2.24) is 10.3 Å². The Hall–Kier alpha value is -1.91. The second-order valence-electron chi connectivity index (χ2n) is 4.28. The highest BCUT2D eigenvalue weighted by molar-refractivity contribution is 5.96. The van der Waals surface area contributed by atoms with Gasteiger partial charge in [-0.25, -0.2) is 4.79 Å². The number of pyridine rings is 1. The van der Waals surface area contributed by atoms with E-state index in [2.05, 4.69) is 10.3 Å². The van der Waals surface area contributed by atoms with E-state index in [1.165, 1.54) is 6.20 Å². The topological polar surface area (TPSA) is 79.3 Å². The van der Waals surface area contributed by atoms with Crippen molar-refractivity contribution in [3.63, 3.8) is 0 Å². The number of carboxylic acids is 1. The smallest absolute Gasteiger partial charge is 0.326 e. The molecule has 1 amide bonds. The number of aromatic nitrogens is 1.